The zero-order chi connectivity index (χ0) is 12.1. The van der Waals surface area contributed by atoms with E-state index in [0.717, 1.165) is 5.56 Å². The lowest BCUT2D eigenvalue weighted by Crippen LogP contribution is -2.18. The maximum atomic E-state index is 13.0. The minimum absolute atomic E-state index is 0.308. The average molecular weight is 232 g/mol. The van der Waals surface area contributed by atoms with Crippen LogP contribution in [0.3, 0.4) is 0 Å². The summed E-state index contributed by atoms with van der Waals surface area (Å²) in [6.45, 7) is 0.308. The summed E-state index contributed by atoms with van der Waals surface area (Å²) in [5.41, 5.74) is 6.52. The van der Waals surface area contributed by atoms with E-state index >= 15 is 0 Å². The maximum absolute atomic E-state index is 13.0. The summed E-state index contributed by atoms with van der Waals surface area (Å²) >= 11 is 0. The third-order valence-electron chi connectivity index (χ3n) is 2.34. The molecule has 0 aliphatic rings. The van der Waals surface area contributed by atoms with E-state index in [9.17, 15) is 4.39 Å². The molecule has 0 saturated carbocycles. The van der Waals surface area contributed by atoms with E-state index in [1.807, 2.05) is 12.1 Å². The van der Waals surface area contributed by atoms with Crippen LogP contribution in [0.15, 0.2) is 48.8 Å². The predicted octanol–water partition coefficient (Wildman–Crippen LogP) is 2.30. The van der Waals surface area contributed by atoms with Gasteiger partial charge in [-0.05, 0) is 18.2 Å². The molecule has 1 aromatic carbocycles. The topological polar surface area (TPSA) is 48.1 Å². The molecule has 0 aliphatic carbocycles. The number of rotatable bonds is 4. The molecule has 1 heterocycles. The monoisotopic (exact) mass is 232 g/mol. The van der Waals surface area contributed by atoms with Gasteiger partial charge in [0.25, 0.3) is 0 Å². The van der Waals surface area contributed by atoms with Crippen molar-refractivity contribution < 1.29 is 9.13 Å². The molecule has 0 aliphatic heterocycles. The maximum Gasteiger partial charge on any atom is 0.137 e. The Balaban J connectivity index is 2.16. The van der Waals surface area contributed by atoms with Crippen LogP contribution in [0.2, 0.25) is 0 Å². The van der Waals surface area contributed by atoms with Gasteiger partial charge in [-0.3, -0.25) is 4.98 Å². The van der Waals surface area contributed by atoms with E-state index in [-0.39, 0.29) is 11.9 Å². The predicted molar refractivity (Wildman–Crippen MR) is 63.1 cm³/mol. The Labute approximate surface area is 99.1 Å². The van der Waals surface area contributed by atoms with Gasteiger partial charge in [0.2, 0.25) is 0 Å². The Morgan fingerprint density at radius 2 is 2.18 bits per heavy atom. The van der Waals surface area contributed by atoms with Crippen molar-refractivity contribution in [1.82, 2.24) is 4.98 Å². The summed E-state index contributed by atoms with van der Waals surface area (Å²) in [4.78, 5) is 4.00. The van der Waals surface area contributed by atoms with Gasteiger partial charge in [-0.1, -0.05) is 12.1 Å². The normalized spacial score (nSPS) is 12.1. The molecular formula is C13H13FN2O. The Bertz CT molecular complexity index is 476. The van der Waals surface area contributed by atoms with Crippen molar-refractivity contribution in [3.63, 3.8) is 0 Å². The lowest BCUT2D eigenvalue weighted by atomic mass is 10.1. The minimum Gasteiger partial charge on any atom is -0.484 e. The average Bonchev–Trinajstić information content (AvgIpc) is 2.37. The molecule has 0 bridgehead atoms. The lowest BCUT2D eigenvalue weighted by molar-refractivity contribution is 0.213. The molecule has 3 nitrogen and oxygen atoms in total. The highest BCUT2D eigenvalue weighted by Gasteiger charge is 2.11. The highest BCUT2D eigenvalue weighted by Crippen LogP contribution is 2.21. The molecule has 0 fully saturated rings. The van der Waals surface area contributed by atoms with Gasteiger partial charge in [0.15, 0.2) is 0 Å². The van der Waals surface area contributed by atoms with Crippen LogP contribution in [0, 0.1) is 5.82 Å². The highest BCUT2D eigenvalue weighted by atomic mass is 19.1. The van der Waals surface area contributed by atoms with Crippen LogP contribution in [0.1, 0.15) is 11.7 Å². The Hall–Kier alpha value is -1.94. The second-order valence-corrected chi connectivity index (χ2v) is 3.59. The first-order chi connectivity index (χ1) is 8.29. The second-order valence-electron chi connectivity index (χ2n) is 3.59. The van der Waals surface area contributed by atoms with Gasteiger partial charge < -0.3 is 10.5 Å². The summed E-state index contributed by atoms with van der Waals surface area (Å²) in [6.07, 6.45) is 3.06. The first kappa shape index (κ1) is 11.5. The zero-order valence-corrected chi connectivity index (χ0v) is 9.21. The fourth-order valence-corrected chi connectivity index (χ4v) is 1.52. The molecule has 1 aromatic heterocycles. The number of nitrogens with two attached hydrogens (primary N) is 1. The fraction of sp³-hybridized carbons (Fsp3) is 0.154. The number of aromatic nitrogens is 1. The van der Waals surface area contributed by atoms with E-state index in [2.05, 4.69) is 4.98 Å². The molecule has 0 amide bonds. The number of pyridine rings is 1. The largest absolute Gasteiger partial charge is 0.484 e. The highest BCUT2D eigenvalue weighted by molar-refractivity contribution is 5.24. The number of nitrogens with zero attached hydrogens (tertiary/aromatic N) is 1. The summed E-state index contributed by atoms with van der Waals surface area (Å²) < 4.78 is 18.6. The third-order valence-corrected chi connectivity index (χ3v) is 2.34. The lowest BCUT2D eigenvalue weighted by Gasteiger charge is -2.17. The third kappa shape index (κ3) is 3.01. The summed E-state index contributed by atoms with van der Waals surface area (Å²) in [7, 11) is 0. The number of halogens is 1. The van der Waals surface area contributed by atoms with Gasteiger partial charge >= 0.3 is 0 Å². The van der Waals surface area contributed by atoms with Crippen LogP contribution in [-0.2, 0) is 0 Å². The standard InChI is InChI=1S/C13H13FN2O/c14-11-4-1-5-12(7-11)17-13(8-15)10-3-2-6-16-9-10/h1-7,9,13H,8,15H2. The van der Waals surface area contributed by atoms with Gasteiger partial charge in [-0.25, -0.2) is 4.39 Å². The minimum atomic E-state index is -0.329. The molecule has 17 heavy (non-hydrogen) atoms. The van der Waals surface area contributed by atoms with Crippen LogP contribution in [0.5, 0.6) is 5.75 Å². The number of ether oxygens (including phenoxy) is 1. The molecule has 0 radical (unpaired) electrons. The van der Waals surface area contributed by atoms with Crippen molar-refractivity contribution in [2.45, 2.75) is 6.10 Å². The van der Waals surface area contributed by atoms with E-state index in [0.29, 0.717) is 12.3 Å². The van der Waals surface area contributed by atoms with Crippen LogP contribution >= 0.6 is 0 Å². The molecule has 0 spiro atoms. The van der Waals surface area contributed by atoms with Crippen molar-refractivity contribution in [2.24, 2.45) is 5.73 Å². The van der Waals surface area contributed by atoms with Crippen molar-refractivity contribution in [3.8, 4) is 5.75 Å². The van der Waals surface area contributed by atoms with E-state index in [1.54, 1.807) is 24.5 Å². The van der Waals surface area contributed by atoms with Gasteiger partial charge in [0.1, 0.15) is 17.7 Å². The van der Waals surface area contributed by atoms with Crippen molar-refractivity contribution >= 4 is 0 Å². The molecule has 4 heteroatoms. The molecular weight excluding hydrogens is 219 g/mol. The van der Waals surface area contributed by atoms with E-state index < -0.39 is 0 Å². The Morgan fingerprint density at radius 1 is 1.29 bits per heavy atom. The molecule has 88 valence electrons. The molecule has 2 N–H and O–H groups in total. The zero-order valence-electron chi connectivity index (χ0n) is 9.21. The van der Waals surface area contributed by atoms with Crippen molar-refractivity contribution in [1.29, 1.82) is 0 Å². The van der Waals surface area contributed by atoms with Crippen LogP contribution < -0.4 is 10.5 Å². The Morgan fingerprint density at radius 3 is 2.82 bits per heavy atom. The summed E-state index contributed by atoms with van der Waals surface area (Å²) in [5.74, 6) is 0.133. The molecule has 2 rings (SSSR count). The van der Waals surface area contributed by atoms with Crippen LogP contribution in [0.4, 0.5) is 4.39 Å². The SMILES string of the molecule is NCC(Oc1cccc(F)c1)c1cccnc1. The first-order valence-electron chi connectivity index (χ1n) is 5.32. The first-order valence-corrected chi connectivity index (χ1v) is 5.32. The molecule has 2 aromatic rings. The summed E-state index contributed by atoms with van der Waals surface area (Å²) in [6, 6.07) is 9.69. The smallest absolute Gasteiger partial charge is 0.137 e. The molecule has 1 unspecified atom stereocenters. The number of benzene rings is 1. The van der Waals surface area contributed by atoms with Crippen molar-refractivity contribution in [2.75, 3.05) is 6.54 Å². The fourth-order valence-electron chi connectivity index (χ4n) is 1.52. The Kier molecular flexibility index (Phi) is 3.67. The summed E-state index contributed by atoms with van der Waals surface area (Å²) in [5, 5.41) is 0. The number of hydrogen-bond donors (Lipinski definition) is 1. The van der Waals surface area contributed by atoms with Gasteiger partial charge in [0, 0.05) is 30.6 Å². The molecule has 1 atom stereocenters. The van der Waals surface area contributed by atoms with Gasteiger partial charge in [0.05, 0.1) is 0 Å². The molecule has 0 saturated heterocycles. The number of hydrogen-bond acceptors (Lipinski definition) is 3. The quantitative estimate of drug-likeness (QED) is 0.879. The van der Waals surface area contributed by atoms with Crippen molar-refractivity contribution in [3.05, 3.63) is 60.2 Å². The van der Waals surface area contributed by atoms with E-state index in [1.165, 1.54) is 12.1 Å². The van der Waals surface area contributed by atoms with Gasteiger partial charge in [-0.15, -0.1) is 0 Å². The van der Waals surface area contributed by atoms with Gasteiger partial charge in [-0.2, -0.15) is 0 Å². The van der Waals surface area contributed by atoms with Crippen LogP contribution in [0.25, 0.3) is 0 Å². The van der Waals surface area contributed by atoms with E-state index in [4.69, 9.17) is 10.5 Å². The van der Waals surface area contributed by atoms with Crippen LogP contribution in [-0.4, -0.2) is 11.5 Å². The second kappa shape index (κ2) is 5.41.